The van der Waals surface area contributed by atoms with Crippen molar-refractivity contribution in [1.82, 2.24) is 15.3 Å². The summed E-state index contributed by atoms with van der Waals surface area (Å²) in [5.74, 6) is 2.35. The number of ether oxygens (including phenoxy) is 1. The van der Waals surface area contributed by atoms with Gasteiger partial charge in [-0.15, -0.1) is 0 Å². The smallest absolute Gasteiger partial charge is 0.306 e. The average Bonchev–Trinajstić information content (AvgIpc) is 3.48. The monoisotopic (exact) mass is 467 g/mol. The van der Waals surface area contributed by atoms with Gasteiger partial charge in [-0.1, -0.05) is 12.5 Å². The molecule has 6 atom stereocenters. The van der Waals surface area contributed by atoms with E-state index in [0.717, 1.165) is 37.8 Å². The number of hydrogen-bond acceptors (Lipinski definition) is 5. The third kappa shape index (κ3) is 4.58. The third-order valence-corrected chi connectivity index (χ3v) is 9.33. The molecule has 5 rings (SSSR count). The van der Waals surface area contributed by atoms with Crippen LogP contribution < -0.4 is 5.32 Å². The van der Waals surface area contributed by atoms with Crippen LogP contribution in [0.3, 0.4) is 0 Å². The molecule has 0 saturated heterocycles. The summed E-state index contributed by atoms with van der Waals surface area (Å²) in [7, 11) is 0. The Morgan fingerprint density at radius 3 is 2.79 bits per heavy atom. The number of allylic oxidation sites excluding steroid dienone is 1. The number of imidazole rings is 1. The van der Waals surface area contributed by atoms with E-state index in [2.05, 4.69) is 22.2 Å². The normalized spacial score (nSPS) is 34.4. The highest BCUT2D eigenvalue weighted by atomic mass is 16.5. The van der Waals surface area contributed by atoms with Crippen LogP contribution in [0.15, 0.2) is 24.2 Å². The first-order valence-electron chi connectivity index (χ1n) is 13.1. The molecule has 1 unspecified atom stereocenters. The first-order valence-corrected chi connectivity index (χ1v) is 13.1. The molecule has 3 fully saturated rings. The van der Waals surface area contributed by atoms with Crippen LogP contribution in [-0.2, 0) is 25.5 Å². The summed E-state index contributed by atoms with van der Waals surface area (Å²) in [4.78, 5) is 43.6. The second-order valence-electron chi connectivity index (χ2n) is 11.0. The number of hydrogen-bond donors (Lipinski definition) is 2. The summed E-state index contributed by atoms with van der Waals surface area (Å²) in [6, 6.07) is 0. The van der Waals surface area contributed by atoms with E-state index in [9.17, 15) is 14.4 Å². The van der Waals surface area contributed by atoms with Crippen LogP contribution in [0.25, 0.3) is 0 Å². The molecular formula is C27H37N3O4. The number of esters is 1. The molecule has 1 amide bonds. The van der Waals surface area contributed by atoms with Gasteiger partial charge in [-0.3, -0.25) is 14.4 Å². The summed E-state index contributed by atoms with van der Waals surface area (Å²) in [5, 5.41) is 2.86. The number of aromatic nitrogens is 2. The Labute approximate surface area is 201 Å². The summed E-state index contributed by atoms with van der Waals surface area (Å²) >= 11 is 0. The van der Waals surface area contributed by atoms with Gasteiger partial charge in [0.1, 0.15) is 6.10 Å². The fraction of sp³-hybridized carbons (Fsp3) is 0.704. The summed E-state index contributed by atoms with van der Waals surface area (Å²) in [5.41, 5.74) is 2.55. The molecule has 0 bridgehead atoms. The van der Waals surface area contributed by atoms with Gasteiger partial charge in [-0.05, 0) is 80.1 Å². The molecule has 1 aromatic rings. The Balaban J connectivity index is 1.10. The average molecular weight is 468 g/mol. The molecular weight excluding hydrogens is 430 g/mol. The lowest BCUT2D eigenvalue weighted by Gasteiger charge is -2.55. The Kier molecular flexibility index (Phi) is 6.63. The number of fused-ring (bicyclic) bond motifs is 5. The van der Waals surface area contributed by atoms with Gasteiger partial charge in [-0.25, -0.2) is 4.98 Å². The van der Waals surface area contributed by atoms with Crippen molar-refractivity contribution in [3.05, 3.63) is 29.9 Å². The zero-order valence-corrected chi connectivity index (χ0v) is 20.2. The largest absolute Gasteiger partial charge is 0.462 e. The lowest BCUT2D eigenvalue weighted by molar-refractivity contribution is -0.153. The Hall–Kier alpha value is -2.44. The number of ketones is 1. The molecule has 4 aliphatic rings. The minimum Gasteiger partial charge on any atom is -0.462 e. The Morgan fingerprint density at radius 1 is 1.12 bits per heavy atom. The zero-order chi connectivity index (χ0) is 23.7. The maximum absolute atomic E-state index is 12.5. The minimum atomic E-state index is -0.247. The van der Waals surface area contributed by atoms with Gasteiger partial charge in [0.05, 0.1) is 12.7 Å². The molecule has 0 radical (unpaired) electrons. The molecule has 0 aliphatic heterocycles. The number of nitrogens with zero attached hydrogens (tertiary/aromatic N) is 1. The van der Waals surface area contributed by atoms with E-state index < -0.39 is 0 Å². The van der Waals surface area contributed by atoms with Gasteiger partial charge in [0.25, 0.3) is 0 Å². The number of rotatable bonds is 7. The lowest BCUT2D eigenvalue weighted by atomic mass is 9.50. The third-order valence-electron chi connectivity index (χ3n) is 9.33. The number of carbonyl (C=O) groups is 3. The van der Waals surface area contributed by atoms with Crippen LogP contribution in [0.5, 0.6) is 0 Å². The van der Waals surface area contributed by atoms with Crippen molar-refractivity contribution in [2.75, 3.05) is 6.54 Å². The van der Waals surface area contributed by atoms with E-state index in [0.29, 0.717) is 48.8 Å². The molecule has 4 aliphatic carbocycles. The van der Waals surface area contributed by atoms with E-state index in [1.165, 1.54) is 18.4 Å². The number of H-pyrrole nitrogens is 1. The van der Waals surface area contributed by atoms with E-state index >= 15 is 0 Å². The van der Waals surface area contributed by atoms with Crippen LogP contribution >= 0.6 is 0 Å². The zero-order valence-electron chi connectivity index (χ0n) is 20.2. The highest BCUT2D eigenvalue weighted by molar-refractivity contribution is 5.91. The number of nitrogens with one attached hydrogen (secondary N) is 2. The van der Waals surface area contributed by atoms with Crippen molar-refractivity contribution in [3.63, 3.8) is 0 Å². The molecule has 3 saturated carbocycles. The van der Waals surface area contributed by atoms with Crippen LogP contribution in [0.2, 0.25) is 0 Å². The maximum Gasteiger partial charge on any atom is 0.306 e. The second kappa shape index (κ2) is 9.67. The van der Waals surface area contributed by atoms with Crippen molar-refractivity contribution >= 4 is 17.7 Å². The van der Waals surface area contributed by atoms with E-state index in [1.807, 2.05) is 6.08 Å². The van der Waals surface area contributed by atoms with Crippen molar-refractivity contribution in [2.45, 2.75) is 83.7 Å². The topological polar surface area (TPSA) is 101 Å². The van der Waals surface area contributed by atoms with Gasteiger partial charge in [0.2, 0.25) is 5.91 Å². The Bertz CT molecular complexity index is 955. The number of carbonyl (C=O) groups excluding carboxylic acids is 3. The lowest BCUT2D eigenvalue weighted by Crippen LogP contribution is -2.48. The molecule has 34 heavy (non-hydrogen) atoms. The van der Waals surface area contributed by atoms with Crippen LogP contribution in [0, 0.1) is 29.1 Å². The highest BCUT2D eigenvalue weighted by Gasteiger charge is 2.55. The second-order valence-corrected chi connectivity index (χ2v) is 11.0. The van der Waals surface area contributed by atoms with Crippen LogP contribution in [0.1, 0.15) is 76.8 Å². The van der Waals surface area contributed by atoms with Gasteiger partial charge < -0.3 is 15.0 Å². The fourth-order valence-corrected chi connectivity index (χ4v) is 7.60. The standard InChI is InChI=1S/C27H37N3O4/c1-27-12-10-19(31)14-17(27)2-3-21-20-5-7-24(22(20)4-6-23(21)27)34-26(33)9-8-25(32)29-13-11-18-15-28-16-30-18/h14-16,20-24H,2-13H2,1H3,(H,28,30)(H,29,32)/t20-,21-,22?,23-,24-,27-/m0/s1. The van der Waals surface area contributed by atoms with Gasteiger partial charge in [0.15, 0.2) is 5.78 Å². The summed E-state index contributed by atoms with van der Waals surface area (Å²) < 4.78 is 5.93. The quantitative estimate of drug-likeness (QED) is 0.592. The van der Waals surface area contributed by atoms with Crippen LogP contribution in [-0.4, -0.2) is 40.3 Å². The van der Waals surface area contributed by atoms with E-state index in [-0.39, 0.29) is 36.2 Å². The van der Waals surface area contributed by atoms with Crippen molar-refractivity contribution < 1.29 is 19.1 Å². The van der Waals surface area contributed by atoms with Gasteiger partial charge >= 0.3 is 5.97 Å². The molecule has 0 aromatic carbocycles. The molecule has 1 heterocycles. The highest BCUT2D eigenvalue weighted by Crippen LogP contribution is 2.61. The van der Waals surface area contributed by atoms with Gasteiger partial charge in [-0.2, -0.15) is 0 Å². The fourth-order valence-electron chi connectivity index (χ4n) is 7.60. The molecule has 1 aromatic heterocycles. The SMILES string of the molecule is C[C@]12CCC(=O)C=C1CC[C@H]1[C@@H]3CC[C@H](OC(=O)CCC(=O)NCCc4cnc[nH]4)C3CC[C@@H]12. The predicted molar refractivity (Wildman–Crippen MR) is 127 cm³/mol. The molecule has 7 nitrogen and oxygen atoms in total. The molecule has 0 spiro atoms. The minimum absolute atomic E-state index is 0.000400. The van der Waals surface area contributed by atoms with E-state index in [4.69, 9.17) is 4.74 Å². The van der Waals surface area contributed by atoms with Crippen molar-refractivity contribution in [3.8, 4) is 0 Å². The number of amides is 1. The first-order chi connectivity index (χ1) is 16.4. The maximum atomic E-state index is 12.5. The van der Waals surface area contributed by atoms with Crippen LogP contribution in [0.4, 0.5) is 0 Å². The van der Waals surface area contributed by atoms with Gasteiger partial charge in [0, 0.05) is 37.7 Å². The molecule has 184 valence electrons. The van der Waals surface area contributed by atoms with Crippen molar-refractivity contribution in [1.29, 1.82) is 0 Å². The predicted octanol–water partition coefficient (Wildman–Crippen LogP) is 3.90. The van der Waals surface area contributed by atoms with E-state index in [1.54, 1.807) is 12.5 Å². The summed E-state index contributed by atoms with van der Waals surface area (Å²) in [6.45, 7) is 2.92. The van der Waals surface area contributed by atoms with Crippen molar-refractivity contribution in [2.24, 2.45) is 29.1 Å². The summed E-state index contributed by atoms with van der Waals surface area (Å²) in [6.07, 6.45) is 14.6. The first kappa shape index (κ1) is 23.3. The Morgan fingerprint density at radius 2 is 1.97 bits per heavy atom. The number of aromatic amines is 1. The molecule has 7 heteroatoms. The molecule has 2 N–H and O–H groups in total.